The molecule has 17 heavy (non-hydrogen) atoms. The van der Waals surface area contributed by atoms with E-state index in [2.05, 4.69) is 30.1 Å². The molecule has 0 saturated heterocycles. The summed E-state index contributed by atoms with van der Waals surface area (Å²) in [6, 6.07) is 12.4. The van der Waals surface area contributed by atoms with E-state index in [9.17, 15) is 0 Å². The van der Waals surface area contributed by atoms with Gasteiger partial charge in [-0.25, -0.2) is 0 Å². The first-order chi connectivity index (χ1) is 8.33. The van der Waals surface area contributed by atoms with Crippen molar-refractivity contribution in [3.63, 3.8) is 0 Å². The van der Waals surface area contributed by atoms with Crippen LogP contribution in [0.4, 0.5) is 0 Å². The molecule has 1 heterocycles. The summed E-state index contributed by atoms with van der Waals surface area (Å²) in [7, 11) is 0. The first-order valence-corrected chi connectivity index (χ1v) is 5.61. The van der Waals surface area contributed by atoms with Gasteiger partial charge in [0.15, 0.2) is 0 Å². The van der Waals surface area contributed by atoms with Crippen molar-refractivity contribution < 1.29 is 0 Å². The average Bonchev–Trinajstić information content (AvgIpc) is 2.89. The second-order valence-electron chi connectivity index (χ2n) is 3.86. The van der Waals surface area contributed by atoms with Crippen molar-refractivity contribution in [3.8, 4) is 11.3 Å². The summed E-state index contributed by atoms with van der Waals surface area (Å²) in [6.07, 6.45) is 7.34. The molecule has 2 aromatic rings. The number of H-pyrrole nitrogens is 1. The van der Waals surface area contributed by atoms with Crippen LogP contribution >= 0.6 is 0 Å². The van der Waals surface area contributed by atoms with Gasteiger partial charge in [-0.05, 0) is 42.5 Å². The molecule has 1 aromatic heterocycles. The highest BCUT2D eigenvalue weighted by atomic mass is 14.7. The maximum Gasteiger partial charge on any atom is 0.0460 e. The monoisotopic (exact) mass is 224 g/mol. The number of nitrogens with one attached hydrogen (secondary N) is 1. The molecule has 0 radical (unpaired) electrons. The zero-order chi connectivity index (χ0) is 12.1. The smallest absolute Gasteiger partial charge is 0.0460 e. The fourth-order valence-corrected chi connectivity index (χ4v) is 1.85. The van der Waals surface area contributed by atoms with E-state index in [1.165, 1.54) is 16.7 Å². The number of allylic oxidation sites excluding steroid dienone is 3. The summed E-state index contributed by atoms with van der Waals surface area (Å²) in [4.78, 5) is 3.23. The zero-order valence-corrected chi connectivity index (χ0v) is 9.85. The second kappa shape index (κ2) is 5.21. The predicted molar refractivity (Wildman–Crippen MR) is 73.2 cm³/mol. The van der Waals surface area contributed by atoms with Gasteiger partial charge in [-0.15, -0.1) is 0 Å². The molecule has 0 fully saturated rings. The van der Waals surface area contributed by atoms with Crippen molar-refractivity contribution >= 4 is 5.57 Å². The molecule has 0 saturated carbocycles. The summed E-state index contributed by atoms with van der Waals surface area (Å²) in [5.74, 6) is 0. The predicted octanol–water partition coefficient (Wildman–Crippen LogP) is 3.56. The van der Waals surface area contributed by atoms with Gasteiger partial charge in [-0.3, -0.25) is 0 Å². The molecule has 0 aliphatic rings. The lowest BCUT2D eigenvalue weighted by Gasteiger charge is -2.08. The molecular weight excluding hydrogens is 208 g/mol. The van der Waals surface area contributed by atoms with E-state index in [1.54, 1.807) is 6.20 Å². The van der Waals surface area contributed by atoms with E-state index < -0.39 is 0 Å². The van der Waals surface area contributed by atoms with Crippen molar-refractivity contribution in [2.75, 3.05) is 0 Å². The fraction of sp³-hybridized carbons (Fsp3) is 0.0667. The summed E-state index contributed by atoms with van der Waals surface area (Å²) in [6.45, 7) is 2.09. The number of hydrogen-bond acceptors (Lipinski definition) is 1. The average molecular weight is 224 g/mol. The van der Waals surface area contributed by atoms with Crippen molar-refractivity contribution in [1.29, 1.82) is 0 Å². The third-order valence-electron chi connectivity index (χ3n) is 2.70. The lowest BCUT2D eigenvalue weighted by molar-refractivity contribution is 1.39. The zero-order valence-electron chi connectivity index (χ0n) is 9.85. The Morgan fingerprint density at radius 2 is 2.00 bits per heavy atom. The van der Waals surface area contributed by atoms with E-state index in [-0.39, 0.29) is 0 Å². The van der Waals surface area contributed by atoms with E-state index in [4.69, 9.17) is 5.73 Å². The van der Waals surface area contributed by atoms with Gasteiger partial charge < -0.3 is 10.7 Å². The van der Waals surface area contributed by atoms with Crippen LogP contribution in [-0.2, 0) is 0 Å². The van der Waals surface area contributed by atoms with Crippen LogP contribution in [0.15, 0.2) is 60.9 Å². The lowest BCUT2D eigenvalue weighted by atomic mass is 9.98. The third kappa shape index (κ3) is 2.48. The quantitative estimate of drug-likeness (QED) is 0.769. The van der Waals surface area contributed by atoms with Gasteiger partial charge in [0.25, 0.3) is 0 Å². The summed E-state index contributed by atoms with van der Waals surface area (Å²) in [5.41, 5.74) is 10.1. The minimum Gasteiger partial charge on any atom is -0.405 e. The van der Waals surface area contributed by atoms with Crippen LogP contribution in [0.5, 0.6) is 0 Å². The highest BCUT2D eigenvalue weighted by Gasteiger charge is 2.05. The Bertz CT molecular complexity index is 534. The van der Waals surface area contributed by atoms with Crippen LogP contribution in [0.3, 0.4) is 0 Å². The Morgan fingerprint density at radius 3 is 2.71 bits per heavy atom. The Kier molecular flexibility index (Phi) is 3.46. The van der Waals surface area contributed by atoms with Crippen molar-refractivity contribution in [1.82, 2.24) is 4.98 Å². The Balaban J connectivity index is 2.48. The normalized spacial score (nSPS) is 12.2. The fourth-order valence-electron chi connectivity index (χ4n) is 1.85. The van der Waals surface area contributed by atoms with Crippen LogP contribution in [0.25, 0.3) is 16.8 Å². The van der Waals surface area contributed by atoms with Crippen LogP contribution in [0.1, 0.15) is 12.5 Å². The van der Waals surface area contributed by atoms with E-state index in [0.29, 0.717) is 0 Å². The van der Waals surface area contributed by atoms with Crippen molar-refractivity contribution in [3.05, 3.63) is 66.5 Å². The minimum atomic E-state index is 1.13. The van der Waals surface area contributed by atoms with E-state index in [1.807, 2.05) is 36.5 Å². The van der Waals surface area contributed by atoms with Gasteiger partial charge in [-0.2, -0.15) is 0 Å². The molecule has 2 rings (SSSR count). The second-order valence-corrected chi connectivity index (χ2v) is 3.86. The Hall–Kier alpha value is -2.22. The Labute approximate surface area is 101 Å². The molecule has 0 unspecified atom stereocenters. The summed E-state index contributed by atoms with van der Waals surface area (Å²) >= 11 is 0. The first kappa shape index (κ1) is 11.3. The lowest BCUT2D eigenvalue weighted by Crippen LogP contribution is -1.87. The number of aromatic nitrogens is 1. The standard InChI is InChI=1S/C15H16N2/c1-12(6-4-10-16)13-7-2-3-8-14(13)15-9-5-11-17-15/h2-11,17H,16H2,1H3/b10-4-,12-6+. The summed E-state index contributed by atoms with van der Waals surface area (Å²) < 4.78 is 0. The van der Waals surface area contributed by atoms with Gasteiger partial charge >= 0.3 is 0 Å². The molecule has 2 nitrogen and oxygen atoms in total. The molecular formula is C15H16N2. The van der Waals surface area contributed by atoms with E-state index in [0.717, 1.165) is 5.69 Å². The minimum absolute atomic E-state index is 1.13. The third-order valence-corrected chi connectivity index (χ3v) is 2.70. The van der Waals surface area contributed by atoms with Crippen LogP contribution in [0, 0.1) is 0 Å². The molecule has 86 valence electrons. The number of hydrogen-bond donors (Lipinski definition) is 2. The number of rotatable bonds is 3. The molecule has 0 bridgehead atoms. The molecule has 3 N–H and O–H groups in total. The topological polar surface area (TPSA) is 41.8 Å². The van der Waals surface area contributed by atoms with Crippen molar-refractivity contribution in [2.45, 2.75) is 6.92 Å². The summed E-state index contributed by atoms with van der Waals surface area (Å²) in [5, 5.41) is 0. The van der Waals surface area contributed by atoms with Gasteiger partial charge in [0.2, 0.25) is 0 Å². The molecule has 0 spiro atoms. The SMILES string of the molecule is C/C(=C\C=C/N)c1ccccc1-c1ccc[nH]1. The number of nitrogens with two attached hydrogens (primary N) is 1. The van der Waals surface area contributed by atoms with E-state index >= 15 is 0 Å². The molecule has 0 aliphatic heterocycles. The van der Waals surface area contributed by atoms with Gasteiger partial charge in [-0.1, -0.05) is 30.3 Å². The highest BCUT2D eigenvalue weighted by Crippen LogP contribution is 2.27. The molecule has 0 amide bonds. The molecule has 1 aromatic carbocycles. The van der Waals surface area contributed by atoms with Crippen LogP contribution < -0.4 is 5.73 Å². The van der Waals surface area contributed by atoms with Gasteiger partial charge in [0.05, 0.1) is 0 Å². The van der Waals surface area contributed by atoms with Gasteiger partial charge in [0, 0.05) is 17.5 Å². The maximum absolute atomic E-state index is 5.36. The Morgan fingerprint density at radius 1 is 1.18 bits per heavy atom. The maximum atomic E-state index is 5.36. The van der Waals surface area contributed by atoms with Crippen LogP contribution in [-0.4, -0.2) is 4.98 Å². The largest absolute Gasteiger partial charge is 0.405 e. The number of aromatic amines is 1. The molecule has 0 aliphatic carbocycles. The molecule has 2 heteroatoms. The number of benzene rings is 1. The first-order valence-electron chi connectivity index (χ1n) is 5.61. The van der Waals surface area contributed by atoms with Gasteiger partial charge in [0.1, 0.15) is 0 Å². The van der Waals surface area contributed by atoms with Crippen LogP contribution in [0.2, 0.25) is 0 Å². The highest BCUT2D eigenvalue weighted by molar-refractivity contribution is 5.79. The molecule has 0 atom stereocenters. The van der Waals surface area contributed by atoms with Crippen molar-refractivity contribution in [2.24, 2.45) is 5.73 Å².